The van der Waals surface area contributed by atoms with E-state index in [9.17, 15) is 9.90 Å². The fourth-order valence-electron chi connectivity index (χ4n) is 3.42. The molecule has 0 atom stereocenters. The molecule has 0 spiro atoms. The molecule has 2 saturated carbocycles. The third-order valence-electron chi connectivity index (χ3n) is 4.58. The van der Waals surface area contributed by atoms with E-state index in [-0.39, 0.29) is 5.97 Å². The summed E-state index contributed by atoms with van der Waals surface area (Å²) in [6, 6.07) is 0. The summed E-state index contributed by atoms with van der Waals surface area (Å²) in [4.78, 5) is 12.2. The van der Waals surface area contributed by atoms with Gasteiger partial charge in [0.15, 0.2) is 5.97 Å². The molecule has 2 rings (SSSR count). The van der Waals surface area contributed by atoms with E-state index >= 15 is 0 Å². The van der Waals surface area contributed by atoms with Crippen LogP contribution in [0.3, 0.4) is 0 Å². The van der Waals surface area contributed by atoms with Gasteiger partial charge in [-0.25, -0.2) is 0 Å². The van der Waals surface area contributed by atoms with Crippen molar-refractivity contribution in [1.82, 2.24) is 0 Å². The first-order valence-corrected chi connectivity index (χ1v) is 20.6. The predicted octanol–water partition coefficient (Wildman–Crippen LogP) is 5.62. The van der Waals surface area contributed by atoms with Gasteiger partial charge in [-0.2, -0.15) is 0 Å². The monoisotopic (exact) mass is 565 g/mol. The summed E-state index contributed by atoms with van der Waals surface area (Å²) < 4.78 is 5.17. The zero-order chi connectivity index (χ0) is 18.0. The Morgan fingerprint density at radius 1 is 1.12 bits per heavy atom. The van der Waals surface area contributed by atoms with Gasteiger partial charge in [-0.1, -0.05) is 57.3 Å². The van der Waals surface area contributed by atoms with Crippen molar-refractivity contribution in [2.45, 2.75) is 76.7 Å². The Morgan fingerprint density at radius 2 is 1.62 bits per heavy atom. The molecule has 2 aliphatic rings. The Bertz CT molecular complexity index is 401. The average Bonchev–Trinajstić information content (AvgIpc) is 2.54. The molecule has 1 N–H and O–H groups in total. The molecule has 0 aliphatic heterocycles. The molecule has 0 unspecified atom stereocenters. The zero-order valence-electron chi connectivity index (χ0n) is 14.2. The molecule has 0 radical (unpaired) electrons. The fraction of sp³-hybridized carbons (Fsp3) is 0.824. The van der Waals surface area contributed by atoms with E-state index in [4.69, 9.17) is 32.3 Å². The fourth-order valence-corrected chi connectivity index (χ4v) is 3.42. The minimum absolute atomic E-state index is 0.314. The number of carbonyl (C=O) groups is 1. The van der Waals surface area contributed by atoms with Crippen LogP contribution < -0.4 is 0 Å². The molecular weight excluding hydrogens is 539 g/mol. The summed E-state index contributed by atoms with van der Waals surface area (Å²) in [6.45, 7) is 2.16. The first-order valence-electron chi connectivity index (χ1n) is 8.70. The molecule has 0 heterocycles. The second-order valence-electron chi connectivity index (χ2n) is 6.36. The summed E-state index contributed by atoms with van der Waals surface area (Å²) >= 11 is -2.18. The van der Waals surface area contributed by atoms with E-state index < -0.39 is 20.8 Å². The normalized spacial score (nSPS) is 21.8. The third kappa shape index (κ3) is 8.44. The quantitative estimate of drug-likeness (QED) is 0.273. The molecule has 0 aromatic rings. The number of hydrogen-bond acceptors (Lipinski definition) is 3. The Kier molecular flexibility index (Phi) is 11.6. The number of aliphatic hydroxyl groups is 1. The van der Waals surface area contributed by atoms with Gasteiger partial charge >= 0.3 is 42.8 Å². The van der Waals surface area contributed by atoms with Gasteiger partial charge < -0.3 is 14.6 Å². The molecule has 7 heteroatoms. The third-order valence-corrected chi connectivity index (χ3v) is 4.58. The van der Waals surface area contributed by atoms with Gasteiger partial charge in [0.1, 0.15) is 0 Å². The molecule has 0 amide bonds. The topological polar surface area (TPSA) is 46.5 Å². The van der Waals surface area contributed by atoms with Crippen molar-refractivity contribution in [2.75, 3.05) is 6.61 Å². The zero-order valence-corrected chi connectivity index (χ0v) is 19.7. The van der Waals surface area contributed by atoms with Crippen LogP contribution in [0.5, 0.6) is 0 Å². The number of carbonyl (C=O) groups excluding carboxylic acids is 1. The number of hydrogen-bond donors (Lipinski definition) is 1. The molecule has 2 aliphatic carbocycles. The molecule has 0 aromatic carbocycles. The molecule has 0 saturated heterocycles. The molecule has 140 valence electrons. The van der Waals surface area contributed by atoms with Crippen LogP contribution in [-0.2, 0) is 24.7 Å². The first kappa shape index (κ1) is 22.8. The van der Waals surface area contributed by atoms with Gasteiger partial charge in [0, 0.05) is 0 Å². The van der Waals surface area contributed by atoms with Crippen LogP contribution in [-0.4, -0.2) is 23.3 Å². The van der Waals surface area contributed by atoms with Crippen LogP contribution in [0.4, 0.5) is 0 Å². The van der Waals surface area contributed by atoms with Crippen LogP contribution >= 0.6 is 27.6 Å². The Hall–Kier alpha value is 0.780. The predicted molar refractivity (Wildman–Crippen MR) is 95.6 cm³/mol. The van der Waals surface area contributed by atoms with Crippen molar-refractivity contribution in [1.29, 1.82) is 0 Å². The van der Waals surface area contributed by atoms with Gasteiger partial charge in [0.2, 0.25) is 0 Å². The van der Waals surface area contributed by atoms with Crippen LogP contribution in [0.1, 0.15) is 71.1 Å². The number of halogens is 3. The van der Waals surface area contributed by atoms with E-state index in [1.165, 1.54) is 19.3 Å². The SMILES string of the molecule is CCOC(=O)C(=[C-]C1CCCCC1)C1(O)CCCCC1.[Cl][Ta]([Cl])[Cl]. The van der Waals surface area contributed by atoms with Crippen molar-refractivity contribution in [2.24, 2.45) is 5.92 Å². The summed E-state index contributed by atoms with van der Waals surface area (Å²) in [6.07, 6.45) is 13.6. The van der Waals surface area contributed by atoms with Gasteiger partial charge in [0.05, 0.1) is 12.2 Å². The Morgan fingerprint density at radius 3 is 2.12 bits per heavy atom. The van der Waals surface area contributed by atoms with E-state index in [0.717, 1.165) is 32.1 Å². The second kappa shape index (κ2) is 12.2. The average molecular weight is 567 g/mol. The number of rotatable bonds is 4. The van der Waals surface area contributed by atoms with E-state index in [1.807, 2.05) is 0 Å². The molecule has 0 bridgehead atoms. The van der Waals surface area contributed by atoms with Crippen molar-refractivity contribution in [3.05, 3.63) is 11.6 Å². The Labute approximate surface area is 163 Å². The van der Waals surface area contributed by atoms with E-state index in [2.05, 4.69) is 6.08 Å². The molecule has 0 aromatic heterocycles. The van der Waals surface area contributed by atoms with Gasteiger partial charge in [-0.15, -0.1) is 5.57 Å². The second-order valence-corrected chi connectivity index (χ2v) is 20.3. The number of allylic oxidation sites excluding steroid dienone is 1. The van der Waals surface area contributed by atoms with Crippen molar-refractivity contribution < 1.29 is 29.8 Å². The summed E-state index contributed by atoms with van der Waals surface area (Å²) in [5.74, 6) is -0.0448. The first-order chi connectivity index (χ1) is 11.4. The van der Waals surface area contributed by atoms with Crippen LogP contribution in [0.25, 0.3) is 0 Å². The molecule has 3 nitrogen and oxygen atoms in total. The Balaban J connectivity index is 0.000000648. The minimum atomic E-state index is -2.18. The maximum atomic E-state index is 12.2. The van der Waals surface area contributed by atoms with Crippen LogP contribution in [0, 0.1) is 12.0 Å². The van der Waals surface area contributed by atoms with Crippen molar-refractivity contribution >= 4 is 33.5 Å². The maximum absolute atomic E-state index is 12.2. The van der Waals surface area contributed by atoms with Crippen LogP contribution in [0.2, 0.25) is 0 Å². The van der Waals surface area contributed by atoms with E-state index in [1.54, 1.807) is 6.92 Å². The van der Waals surface area contributed by atoms with Crippen molar-refractivity contribution in [3.63, 3.8) is 0 Å². The summed E-state index contributed by atoms with van der Waals surface area (Å²) in [5.41, 5.74) is -0.576. The van der Waals surface area contributed by atoms with Gasteiger partial charge in [-0.05, 0) is 19.8 Å². The van der Waals surface area contributed by atoms with E-state index in [0.29, 0.717) is 30.9 Å². The molecule has 2 fully saturated rings. The van der Waals surface area contributed by atoms with Gasteiger partial charge in [0.25, 0.3) is 0 Å². The molecular formula is C17H27Cl3O3Ta-. The van der Waals surface area contributed by atoms with Gasteiger partial charge in [-0.3, -0.25) is 6.08 Å². The molecule has 24 heavy (non-hydrogen) atoms. The summed E-state index contributed by atoms with van der Waals surface area (Å²) in [7, 11) is 15.0. The number of esters is 1. The van der Waals surface area contributed by atoms with Crippen molar-refractivity contribution in [3.8, 4) is 0 Å². The number of ether oxygens (including phenoxy) is 1. The standard InChI is InChI=1S/C17H27O3.3ClH.Ta/c1-2-20-16(18)15(13-14-9-5-3-6-10-14)17(19)11-7-4-8-12-17;;;;/h14,19H,2-12H2,1H3;3*1H;/q-1;;;;+3/p-3. The summed E-state index contributed by atoms with van der Waals surface area (Å²) in [5, 5.41) is 10.9. The van der Waals surface area contributed by atoms with Crippen LogP contribution in [0.15, 0.2) is 5.57 Å².